The Hall–Kier alpha value is -1.11. The van der Waals surface area contributed by atoms with Crippen LogP contribution in [-0.2, 0) is 15.9 Å². The lowest BCUT2D eigenvalue weighted by Crippen LogP contribution is -2.41. The minimum Gasteiger partial charge on any atom is -0.495 e. The molecule has 1 N–H and O–H groups in total. The van der Waals surface area contributed by atoms with E-state index in [0.29, 0.717) is 17.0 Å². The van der Waals surface area contributed by atoms with Crippen molar-refractivity contribution in [3.63, 3.8) is 0 Å². The predicted molar refractivity (Wildman–Crippen MR) is 72.4 cm³/mol. The first-order valence-electron chi connectivity index (χ1n) is 6.31. The fourth-order valence-corrected chi connectivity index (χ4v) is 1.90. The third-order valence-corrected chi connectivity index (χ3v) is 3.82. The van der Waals surface area contributed by atoms with E-state index in [0.717, 1.165) is 0 Å². The monoisotopic (exact) mass is 265 g/mol. The molecule has 1 saturated heterocycles. The zero-order valence-electron chi connectivity index (χ0n) is 12.1. The van der Waals surface area contributed by atoms with Gasteiger partial charge in [0.1, 0.15) is 11.4 Å². The number of rotatable bonds is 3. The summed E-state index contributed by atoms with van der Waals surface area (Å²) < 4.78 is 17.0. The van der Waals surface area contributed by atoms with Gasteiger partial charge < -0.3 is 19.2 Å². The van der Waals surface area contributed by atoms with E-state index >= 15 is 0 Å². The molecule has 0 aromatic carbocycles. The molecule has 1 aromatic heterocycles. The first-order valence-corrected chi connectivity index (χ1v) is 6.31. The Morgan fingerprint density at radius 1 is 1.21 bits per heavy atom. The molecule has 1 aliphatic rings. The summed E-state index contributed by atoms with van der Waals surface area (Å²) in [5.41, 5.74) is 0.315. The molecule has 0 aliphatic carbocycles. The minimum absolute atomic E-state index is 0.184. The van der Waals surface area contributed by atoms with E-state index in [9.17, 15) is 5.11 Å². The lowest BCUT2D eigenvalue weighted by atomic mass is 9.84. The molecule has 19 heavy (non-hydrogen) atoms. The fourth-order valence-electron chi connectivity index (χ4n) is 1.90. The second-order valence-electron chi connectivity index (χ2n) is 5.63. The molecule has 104 valence electrons. The zero-order chi connectivity index (χ0) is 14.3. The van der Waals surface area contributed by atoms with Gasteiger partial charge in [-0.3, -0.25) is 4.98 Å². The average molecular weight is 265 g/mol. The molecule has 0 spiro atoms. The Morgan fingerprint density at radius 3 is 2.26 bits per heavy atom. The molecular weight excluding hydrogens is 245 g/mol. The van der Waals surface area contributed by atoms with E-state index in [1.807, 2.05) is 27.7 Å². The first kappa shape index (κ1) is 14.3. The third kappa shape index (κ3) is 2.48. The Morgan fingerprint density at radius 2 is 1.79 bits per heavy atom. The van der Waals surface area contributed by atoms with Gasteiger partial charge in [-0.25, -0.2) is 0 Å². The van der Waals surface area contributed by atoms with Crippen LogP contribution < -0.4 is 10.3 Å². The van der Waals surface area contributed by atoms with Gasteiger partial charge in [0.25, 0.3) is 0 Å². The van der Waals surface area contributed by atoms with E-state index in [-0.39, 0.29) is 6.61 Å². The Bertz CT molecular complexity index is 460. The van der Waals surface area contributed by atoms with E-state index in [1.54, 1.807) is 19.2 Å². The van der Waals surface area contributed by atoms with E-state index in [4.69, 9.17) is 14.0 Å². The summed E-state index contributed by atoms with van der Waals surface area (Å²) >= 11 is 0. The summed E-state index contributed by atoms with van der Waals surface area (Å²) in [6.45, 7) is 7.77. The number of hydrogen-bond donors (Lipinski definition) is 1. The van der Waals surface area contributed by atoms with E-state index in [1.165, 1.54) is 0 Å². The smallest absolute Gasteiger partial charge is 0.495 e. The van der Waals surface area contributed by atoms with Crippen molar-refractivity contribution in [2.75, 3.05) is 7.11 Å². The van der Waals surface area contributed by atoms with Crippen LogP contribution in [0.1, 0.15) is 33.4 Å². The number of hydrogen-bond acceptors (Lipinski definition) is 5. The summed E-state index contributed by atoms with van der Waals surface area (Å²) in [6.07, 6.45) is 0. The maximum Gasteiger partial charge on any atom is 0.514 e. The minimum atomic E-state index is -0.527. The van der Waals surface area contributed by atoms with Crippen LogP contribution in [0, 0.1) is 0 Å². The van der Waals surface area contributed by atoms with E-state index in [2.05, 4.69) is 4.98 Å². The van der Waals surface area contributed by atoms with Gasteiger partial charge in [0.15, 0.2) is 0 Å². The number of ether oxygens (including phenoxy) is 1. The van der Waals surface area contributed by atoms with Gasteiger partial charge in [-0.1, -0.05) is 0 Å². The predicted octanol–water partition coefficient (Wildman–Crippen LogP) is 0.882. The van der Waals surface area contributed by atoms with Crippen molar-refractivity contribution in [3.05, 3.63) is 17.8 Å². The highest BCUT2D eigenvalue weighted by Crippen LogP contribution is 2.36. The molecule has 0 bridgehead atoms. The molecule has 1 aromatic rings. The van der Waals surface area contributed by atoms with Gasteiger partial charge in [0.05, 0.1) is 30.5 Å². The topological polar surface area (TPSA) is 60.8 Å². The highest BCUT2D eigenvalue weighted by Gasteiger charge is 2.52. The maximum absolute atomic E-state index is 9.30. The Labute approximate surface area is 114 Å². The lowest BCUT2D eigenvalue weighted by Gasteiger charge is -2.32. The molecule has 0 amide bonds. The first-order chi connectivity index (χ1) is 8.80. The highest BCUT2D eigenvalue weighted by molar-refractivity contribution is 6.61. The SMILES string of the molecule is COc1ccc(B2OC(C)(C)C(C)(C)O2)nc1CO. The molecule has 0 unspecified atom stereocenters. The second kappa shape index (κ2) is 4.78. The summed E-state index contributed by atoms with van der Waals surface area (Å²) in [6, 6.07) is 3.55. The molecule has 1 fully saturated rings. The van der Waals surface area contributed by atoms with Crippen LogP contribution in [-0.4, -0.2) is 35.5 Å². The van der Waals surface area contributed by atoms with Crippen LogP contribution in [0.3, 0.4) is 0 Å². The molecule has 0 radical (unpaired) electrons. The van der Waals surface area contributed by atoms with Gasteiger partial charge in [-0.05, 0) is 39.8 Å². The van der Waals surface area contributed by atoms with Crippen molar-refractivity contribution in [1.82, 2.24) is 4.98 Å². The largest absolute Gasteiger partial charge is 0.514 e. The summed E-state index contributed by atoms with van der Waals surface area (Å²) in [5.74, 6) is 0.558. The average Bonchev–Trinajstić information content (AvgIpc) is 2.57. The number of aliphatic hydroxyl groups excluding tert-OH is 1. The maximum atomic E-state index is 9.30. The van der Waals surface area contributed by atoms with Crippen molar-refractivity contribution in [2.45, 2.75) is 45.5 Å². The van der Waals surface area contributed by atoms with Crippen molar-refractivity contribution >= 4 is 12.7 Å². The van der Waals surface area contributed by atoms with Gasteiger partial charge in [-0.15, -0.1) is 0 Å². The van der Waals surface area contributed by atoms with Crippen LogP contribution in [0.4, 0.5) is 0 Å². The second-order valence-corrected chi connectivity index (χ2v) is 5.63. The number of methoxy groups -OCH3 is 1. The van der Waals surface area contributed by atoms with Crippen LogP contribution in [0.5, 0.6) is 5.75 Å². The lowest BCUT2D eigenvalue weighted by molar-refractivity contribution is 0.00578. The van der Waals surface area contributed by atoms with Crippen LogP contribution in [0.25, 0.3) is 0 Å². The molecule has 6 heteroatoms. The van der Waals surface area contributed by atoms with Crippen LogP contribution in [0.15, 0.2) is 12.1 Å². The zero-order valence-corrected chi connectivity index (χ0v) is 12.1. The standard InChI is InChI=1S/C13H20BNO4/c1-12(2)13(3,4)19-14(18-12)11-7-6-10(17-5)9(8-16)15-11/h6-7,16H,8H2,1-5H3. The Balaban J connectivity index is 2.30. The highest BCUT2D eigenvalue weighted by atomic mass is 16.7. The normalized spacial score (nSPS) is 20.6. The number of nitrogens with zero attached hydrogens (tertiary/aromatic N) is 1. The van der Waals surface area contributed by atoms with Gasteiger partial charge >= 0.3 is 7.12 Å². The third-order valence-electron chi connectivity index (χ3n) is 3.82. The van der Waals surface area contributed by atoms with Gasteiger partial charge in [-0.2, -0.15) is 0 Å². The Kier molecular flexibility index (Phi) is 3.60. The van der Waals surface area contributed by atoms with Crippen LogP contribution in [0.2, 0.25) is 0 Å². The summed E-state index contributed by atoms with van der Waals surface area (Å²) in [5, 5.41) is 9.30. The quantitative estimate of drug-likeness (QED) is 0.822. The number of aromatic nitrogens is 1. The van der Waals surface area contributed by atoms with Crippen molar-refractivity contribution in [1.29, 1.82) is 0 Å². The van der Waals surface area contributed by atoms with Gasteiger partial charge in [0, 0.05) is 0 Å². The molecule has 0 atom stereocenters. The molecule has 2 heterocycles. The fraction of sp³-hybridized carbons (Fsp3) is 0.615. The van der Waals surface area contributed by atoms with Crippen molar-refractivity contribution in [2.24, 2.45) is 0 Å². The van der Waals surface area contributed by atoms with E-state index < -0.39 is 18.3 Å². The van der Waals surface area contributed by atoms with Crippen molar-refractivity contribution in [3.8, 4) is 5.75 Å². The number of pyridine rings is 1. The molecule has 0 saturated carbocycles. The van der Waals surface area contributed by atoms with Gasteiger partial charge in [0.2, 0.25) is 0 Å². The number of aliphatic hydroxyl groups is 1. The van der Waals surface area contributed by atoms with Crippen molar-refractivity contribution < 1.29 is 19.2 Å². The molecule has 2 rings (SSSR count). The molecule has 5 nitrogen and oxygen atoms in total. The molecular formula is C13H20BNO4. The summed E-state index contributed by atoms with van der Waals surface area (Å²) in [7, 11) is 1.02. The van der Waals surface area contributed by atoms with Crippen LogP contribution >= 0.6 is 0 Å². The molecule has 1 aliphatic heterocycles. The summed E-state index contributed by atoms with van der Waals surface area (Å²) in [4.78, 5) is 4.35.